The summed E-state index contributed by atoms with van der Waals surface area (Å²) in [5, 5.41) is 4.11. The Morgan fingerprint density at radius 2 is 2.19 bits per heavy atom. The summed E-state index contributed by atoms with van der Waals surface area (Å²) in [5.41, 5.74) is 1.49. The lowest BCUT2D eigenvalue weighted by Gasteiger charge is -2.36. The first-order chi connectivity index (χ1) is 13.2. The Bertz CT molecular complexity index is 936. The average Bonchev–Trinajstić information content (AvgIpc) is 3.37. The Kier molecular flexibility index (Phi) is 4.96. The number of furan rings is 1. The van der Waals surface area contributed by atoms with E-state index in [1.54, 1.807) is 13.4 Å². The Labute approximate surface area is 161 Å². The van der Waals surface area contributed by atoms with E-state index >= 15 is 0 Å². The minimum atomic E-state index is -0.101. The molecule has 1 aliphatic heterocycles. The number of aryl methyl sites for hydroxylation is 1. The Balaban J connectivity index is 1.67. The predicted octanol–water partition coefficient (Wildman–Crippen LogP) is 3.51. The van der Waals surface area contributed by atoms with E-state index in [0.717, 1.165) is 27.7 Å². The summed E-state index contributed by atoms with van der Waals surface area (Å²) in [6, 6.07) is 11.4. The molecule has 0 bridgehead atoms. The Morgan fingerprint density at radius 3 is 2.96 bits per heavy atom. The van der Waals surface area contributed by atoms with Crippen LogP contribution in [0.15, 0.2) is 47.1 Å². The van der Waals surface area contributed by atoms with Gasteiger partial charge < -0.3 is 19.4 Å². The van der Waals surface area contributed by atoms with Crippen LogP contribution in [0.1, 0.15) is 27.0 Å². The average molecular weight is 383 g/mol. The van der Waals surface area contributed by atoms with E-state index in [0.29, 0.717) is 24.5 Å². The number of hydrogen-bond acceptors (Lipinski definition) is 6. The van der Waals surface area contributed by atoms with Crippen LogP contribution in [0.2, 0.25) is 0 Å². The fourth-order valence-corrected chi connectivity index (χ4v) is 4.28. The van der Waals surface area contributed by atoms with Crippen molar-refractivity contribution >= 4 is 17.2 Å². The number of carbonyl (C=O) groups excluding carboxylic acids is 1. The highest BCUT2D eigenvalue weighted by molar-refractivity contribution is 7.15. The minimum Gasteiger partial charge on any atom is -0.496 e. The molecule has 1 aromatic carbocycles. The topological polar surface area (TPSA) is 67.6 Å². The van der Waals surface area contributed by atoms with E-state index in [4.69, 9.17) is 9.15 Å². The third-order valence-electron chi connectivity index (χ3n) is 4.73. The number of carbonyl (C=O) groups is 1. The standard InChI is InChI=1S/C20H21N3O3S/c1-13-18(22-19(27-13)17-8-5-11-26-17)20(24)23-10-9-21-12-15(23)14-6-3-4-7-16(14)25-2/h3-8,11,15,21H,9-10,12H2,1-2H3. The molecule has 7 heteroatoms. The van der Waals surface area contributed by atoms with Crippen molar-refractivity contribution in [2.45, 2.75) is 13.0 Å². The van der Waals surface area contributed by atoms with Crippen LogP contribution >= 0.6 is 11.3 Å². The molecule has 1 fully saturated rings. The van der Waals surface area contributed by atoms with Gasteiger partial charge >= 0.3 is 0 Å². The van der Waals surface area contributed by atoms with Crippen LogP contribution in [-0.2, 0) is 0 Å². The van der Waals surface area contributed by atoms with Crippen LogP contribution in [0.25, 0.3) is 10.8 Å². The van der Waals surface area contributed by atoms with Crippen LogP contribution in [0, 0.1) is 6.92 Å². The number of piperazine rings is 1. The van der Waals surface area contributed by atoms with Gasteiger partial charge in [0.1, 0.15) is 11.4 Å². The van der Waals surface area contributed by atoms with E-state index in [1.165, 1.54) is 11.3 Å². The van der Waals surface area contributed by atoms with Gasteiger partial charge in [-0.25, -0.2) is 4.98 Å². The van der Waals surface area contributed by atoms with Gasteiger partial charge in [0.05, 0.1) is 19.4 Å². The first-order valence-corrected chi connectivity index (χ1v) is 9.66. The summed E-state index contributed by atoms with van der Waals surface area (Å²) < 4.78 is 10.9. The summed E-state index contributed by atoms with van der Waals surface area (Å²) >= 11 is 1.48. The SMILES string of the molecule is COc1ccccc1C1CNCCN1C(=O)c1nc(-c2ccco2)sc1C. The molecule has 0 aliphatic carbocycles. The zero-order chi connectivity index (χ0) is 18.8. The molecule has 6 nitrogen and oxygen atoms in total. The summed E-state index contributed by atoms with van der Waals surface area (Å²) in [6.07, 6.45) is 1.61. The second-order valence-corrected chi connectivity index (χ2v) is 7.56. The number of thiazole rings is 1. The summed E-state index contributed by atoms with van der Waals surface area (Å²) in [6.45, 7) is 3.98. The molecule has 140 valence electrons. The second kappa shape index (κ2) is 7.54. The van der Waals surface area contributed by atoms with Gasteiger partial charge in [-0.2, -0.15) is 0 Å². The molecule has 27 heavy (non-hydrogen) atoms. The molecule has 4 rings (SSSR count). The summed E-state index contributed by atoms with van der Waals surface area (Å²) in [5.74, 6) is 1.41. The molecule has 2 aromatic heterocycles. The Morgan fingerprint density at radius 1 is 1.33 bits per heavy atom. The van der Waals surface area contributed by atoms with Crippen LogP contribution in [0.4, 0.5) is 0 Å². The maximum atomic E-state index is 13.4. The molecule has 0 saturated carbocycles. The number of nitrogens with one attached hydrogen (secondary N) is 1. The third-order valence-corrected chi connectivity index (χ3v) is 5.72. The molecular weight excluding hydrogens is 362 g/mol. The lowest BCUT2D eigenvalue weighted by molar-refractivity contribution is 0.0625. The molecule has 1 saturated heterocycles. The van der Waals surface area contributed by atoms with Gasteiger partial charge in [-0.3, -0.25) is 4.79 Å². The van der Waals surface area contributed by atoms with Crippen molar-refractivity contribution in [3.63, 3.8) is 0 Å². The molecule has 1 atom stereocenters. The number of hydrogen-bond donors (Lipinski definition) is 1. The number of ether oxygens (including phenoxy) is 1. The van der Waals surface area contributed by atoms with Crippen LogP contribution in [0.5, 0.6) is 5.75 Å². The fraction of sp³-hybridized carbons (Fsp3) is 0.300. The quantitative estimate of drug-likeness (QED) is 0.747. The molecule has 3 aromatic rings. The zero-order valence-corrected chi connectivity index (χ0v) is 16.1. The molecule has 1 N–H and O–H groups in total. The number of para-hydroxylation sites is 1. The summed E-state index contributed by atoms with van der Waals surface area (Å²) in [4.78, 5) is 20.7. The number of aromatic nitrogens is 1. The molecule has 1 amide bonds. The van der Waals surface area contributed by atoms with Crippen molar-refractivity contribution in [1.82, 2.24) is 15.2 Å². The number of methoxy groups -OCH3 is 1. The maximum absolute atomic E-state index is 13.4. The Hall–Kier alpha value is -2.64. The molecular formula is C20H21N3O3S. The second-order valence-electron chi connectivity index (χ2n) is 6.36. The van der Waals surface area contributed by atoms with Gasteiger partial charge in [0.15, 0.2) is 10.8 Å². The zero-order valence-electron chi connectivity index (χ0n) is 15.3. The lowest BCUT2D eigenvalue weighted by atomic mass is 10.0. The van der Waals surface area contributed by atoms with Crippen molar-refractivity contribution in [2.24, 2.45) is 0 Å². The lowest BCUT2D eigenvalue weighted by Crippen LogP contribution is -2.49. The number of benzene rings is 1. The van der Waals surface area contributed by atoms with Crippen molar-refractivity contribution < 1.29 is 13.9 Å². The maximum Gasteiger partial charge on any atom is 0.274 e. The monoisotopic (exact) mass is 383 g/mol. The van der Waals surface area contributed by atoms with Crippen molar-refractivity contribution in [1.29, 1.82) is 0 Å². The normalized spacial score (nSPS) is 17.1. The van der Waals surface area contributed by atoms with E-state index in [1.807, 2.05) is 48.2 Å². The van der Waals surface area contributed by atoms with Crippen LogP contribution in [-0.4, -0.2) is 42.5 Å². The van der Waals surface area contributed by atoms with Gasteiger partial charge in [0.25, 0.3) is 5.91 Å². The number of nitrogens with zero attached hydrogens (tertiary/aromatic N) is 2. The van der Waals surface area contributed by atoms with Gasteiger partial charge in [-0.15, -0.1) is 11.3 Å². The molecule has 0 radical (unpaired) electrons. The van der Waals surface area contributed by atoms with E-state index in [2.05, 4.69) is 10.3 Å². The largest absolute Gasteiger partial charge is 0.496 e. The van der Waals surface area contributed by atoms with Crippen molar-refractivity contribution in [3.8, 4) is 16.5 Å². The molecule has 1 unspecified atom stereocenters. The van der Waals surface area contributed by atoms with E-state index in [9.17, 15) is 4.79 Å². The van der Waals surface area contributed by atoms with Crippen molar-refractivity contribution in [2.75, 3.05) is 26.7 Å². The van der Waals surface area contributed by atoms with E-state index in [-0.39, 0.29) is 11.9 Å². The van der Waals surface area contributed by atoms with Gasteiger partial charge in [0.2, 0.25) is 0 Å². The van der Waals surface area contributed by atoms with Crippen molar-refractivity contribution in [3.05, 3.63) is 58.8 Å². The van der Waals surface area contributed by atoms with Gasteiger partial charge in [0, 0.05) is 30.1 Å². The molecule has 1 aliphatic rings. The highest BCUT2D eigenvalue weighted by atomic mass is 32.1. The van der Waals surface area contributed by atoms with Crippen LogP contribution in [0.3, 0.4) is 0 Å². The first-order valence-electron chi connectivity index (χ1n) is 8.85. The highest BCUT2D eigenvalue weighted by Gasteiger charge is 2.32. The predicted molar refractivity (Wildman–Crippen MR) is 104 cm³/mol. The van der Waals surface area contributed by atoms with Gasteiger partial charge in [-0.05, 0) is 25.1 Å². The number of amides is 1. The van der Waals surface area contributed by atoms with E-state index < -0.39 is 0 Å². The number of rotatable bonds is 4. The first kappa shape index (κ1) is 17.8. The fourth-order valence-electron chi connectivity index (χ4n) is 3.40. The highest BCUT2D eigenvalue weighted by Crippen LogP contribution is 2.33. The minimum absolute atomic E-state index is 0.0565. The third kappa shape index (κ3) is 3.36. The molecule has 3 heterocycles. The smallest absolute Gasteiger partial charge is 0.274 e. The van der Waals surface area contributed by atoms with Gasteiger partial charge in [-0.1, -0.05) is 18.2 Å². The summed E-state index contributed by atoms with van der Waals surface area (Å²) in [7, 11) is 1.65. The van der Waals surface area contributed by atoms with Crippen LogP contribution < -0.4 is 10.1 Å². The molecule has 0 spiro atoms.